The molecule has 118 valence electrons. The molecular weight excluding hydrogens is 377 g/mol. The Kier molecular flexibility index (Phi) is 8.68. The third kappa shape index (κ3) is 6.22. The largest absolute Gasteiger partial charge is 0.376 e. The Morgan fingerprint density at radius 3 is 2.71 bits per heavy atom. The molecule has 0 amide bonds. The second kappa shape index (κ2) is 10.00. The topological polar surface area (TPSA) is 45.7 Å². The SMILES string of the molecule is CN=C(NCC1CCCO1)NCC(C)c1ccccc1.I. The Morgan fingerprint density at radius 1 is 1.33 bits per heavy atom. The Morgan fingerprint density at radius 2 is 2.10 bits per heavy atom. The molecule has 1 heterocycles. The minimum Gasteiger partial charge on any atom is -0.376 e. The summed E-state index contributed by atoms with van der Waals surface area (Å²) >= 11 is 0. The van der Waals surface area contributed by atoms with Gasteiger partial charge in [-0.3, -0.25) is 4.99 Å². The molecule has 2 rings (SSSR count). The lowest BCUT2D eigenvalue weighted by molar-refractivity contribution is 0.114. The minimum absolute atomic E-state index is 0. The lowest BCUT2D eigenvalue weighted by Gasteiger charge is -2.18. The van der Waals surface area contributed by atoms with Crippen LogP contribution in [0.4, 0.5) is 0 Å². The van der Waals surface area contributed by atoms with Crippen LogP contribution in [0.15, 0.2) is 35.3 Å². The van der Waals surface area contributed by atoms with E-state index in [0.29, 0.717) is 12.0 Å². The van der Waals surface area contributed by atoms with Gasteiger partial charge in [-0.25, -0.2) is 0 Å². The number of guanidine groups is 1. The summed E-state index contributed by atoms with van der Waals surface area (Å²) in [7, 11) is 1.80. The summed E-state index contributed by atoms with van der Waals surface area (Å²) in [5.74, 6) is 1.31. The molecule has 0 aromatic heterocycles. The molecule has 0 saturated carbocycles. The highest BCUT2D eigenvalue weighted by Crippen LogP contribution is 2.13. The van der Waals surface area contributed by atoms with Crippen LogP contribution in [-0.2, 0) is 4.74 Å². The zero-order chi connectivity index (χ0) is 14.2. The zero-order valence-electron chi connectivity index (χ0n) is 12.8. The molecule has 5 heteroatoms. The highest BCUT2D eigenvalue weighted by molar-refractivity contribution is 14.0. The second-order valence-electron chi connectivity index (χ2n) is 5.28. The third-order valence-corrected chi connectivity index (χ3v) is 3.69. The molecule has 0 spiro atoms. The number of hydrogen-bond donors (Lipinski definition) is 2. The van der Waals surface area contributed by atoms with E-state index in [0.717, 1.165) is 32.1 Å². The molecule has 2 unspecified atom stereocenters. The molecule has 0 radical (unpaired) electrons. The number of hydrogen-bond acceptors (Lipinski definition) is 2. The van der Waals surface area contributed by atoms with Crippen molar-refractivity contribution in [1.29, 1.82) is 0 Å². The second-order valence-corrected chi connectivity index (χ2v) is 5.28. The molecule has 1 fully saturated rings. The van der Waals surface area contributed by atoms with Crippen molar-refractivity contribution < 1.29 is 4.74 Å². The van der Waals surface area contributed by atoms with Gasteiger partial charge >= 0.3 is 0 Å². The van der Waals surface area contributed by atoms with Crippen molar-refractivity contribution in [2.75, 3.05) is 26.7 Å². The van der Waals surface area contributed by atoms with E-state index in [9.17, 15) is 0 Å². The fourth-order valence-corrected chi connectivity index (χ4v) is 2.39. The van der Waals surface area contributed by atoms with Crippen LogP contribution in [0.1, 0.15) is 31.2 Å². The fourth-order valence-electron chi connectivity index (χ4n) is 2.39. The predicted octanol–water partition coefficient (Wildman–Crippen LogP) is 2.75. The summed E-state index contributed by atoms with van der Waals surface area (Å²) in [6.07, 6.45) is 2.65. The maximum absolute atomic E-state index is 5.60. The van der Waals surface area contributed by atoms with Gasteiger partial charge in [0.2, 0.25) is 0 Å². The molecule has 21 heavy (non-hydrogen) atoms. The van der Waals surface area contributed by atoms with Crippen LogP contribution in [0.25, 0.3) is 0 Å². The van der Waals surface area contributed by atoms with Crippen molar-refractivity contribution in [3.8, 4) is 0 Å². The van der Waals surface area contributed by atoms with Gasteiger partial charge in [-0.1, -0.05) is 37.3 Å². The van der Waals surface area contributed by atoms with Gasteiger partial charge in [-0.2, -0.15) is 0 Å². The molecule has 0 aliphatic carbocycles. The van der Waals surface area contributed by atoms with E-state index >= 15 is 0 Å². The molecule has 0 bridgehead atoms. The number of ether oxygens (including phenoxy) is 1. The first kappa shape index (κ1) is 18.2. The maximum Gasteiger partial charge on any atom is 0.191 e. The number of halogens is 1. The van der Waals surface area contributed by atoms with E-state index in [-0.39, 0.29) is 24.0 Å². The molecule has 1 aromatic rings. The molecule has 1 aromatic carbocycles. The normalized spacial score (nSPS) is 19.7. The van der Waals surface area contributed by atoms with Crippen molar-refractivity contribution in [2.24, 2.45) is 4.99 Å². The van der Waals surface area contributed by atoms with Gasteiger partial charge in [0.05, 0.1) is 6.10 Å². The zero-order valence-corrected chi connectivity index (χ0v) is 15.2. The van der Waals surface area contributed by atoms with Crippen LogP contribution < -0.4 is 10.6 Å². The first-order chi connectivity index (χ1) is 9.79. The summed E-state index contributed by atoms with van der Waals surface area (Å²) in [6, 6.07) is 10.5. The van der Waals surface area contributed by atoms with E-state index in [1.165, 1.54) is 12.0 Å². The number of rotatable bonds is 5. The summed E-state index contributed by atoms with van der Waals surface area (Å²) in [4.78, 5) is 4.25. The average Bonchev–Trinajstić information content (AvgIpc) is 3.01. The Bertz CT molecular complexity index is 419. The number of benzene rings is 1. The van der Waals surface area contributed by atoms with E-state index in [1.807, 2.05) is 6.07 Å². The molecular formula is C16H26IN3O. The molecule has 2 atom stereocenters. The molecule has 2 N–H and O–H groups in total. The quantitative estimate of drug-likeness (QED) is 0.452. The van der Waals surface area contributed by atoms with Gasteiger partial charge in [0, 0.05) is 26.7 Å². The Balaban J connectivity index is 0.00000220. The lowest BCUT2D eigenvalue weighted by Crippen LogP contribution is -2.42. The lowest BCUT2D eigenvalue weighted by atomic mass is 10.0. The van der Waals surface area contributed by atoms with Crippen LogP contribution in [0.3, 0.4) is 0 Å². The maximum atomic E-state index is 5.60. The first-order valence-corrected chi connectivity index (χ1v) is 7.40. The van der Waals surface area contributed by atoms with Gasteiger partial charge in [-0.05, 0) is 24.3 Å². The molecule has 1 aliphatic heterocycles. The summed E-state index contributed by atoms with van der Waals surface area (Å²) < 4.78 is 5.60. The van der Waals surface area contributed by atoms with Crippen LogP contribution in [0.5, 0.6) is 0 Å². The van der Waals surface area contributed by atoms with Crippen LogP contribution >= 0.6 is 24.0 Å². The highest BCUT2D eigenvalue weighted by Gasteiger charge is 2.15. The smallest absolute Gasteiger partial charge is 0.191 e. The fraction of sp³-hybridized carbons (Fsp3) is 0.562. The molecule has 1 aliphatic rings. The number of nitrogens with one attached hydrogen (secondary N) is 2. The predicted molar refractivity (Wildman–Crippen MR) is 98.6 cm³/mol. The van der Waals surface area contributed by atoms with Gasteiger partial charge in [0.15, 0.2) is 5.96 Å². The van der Waals surface area contributed by atoms with Crippen LogP contribution in [-0.4, -0.2) is 38.8 Å². The van der Waals surface area contributed by atoms with Gasteiger partial charge in [0.1, 0.15) is 0 Å². The standard InChI is InChI=1S/C16H25N3O.HI/c1-13(14-7-4-3-5-8-14)11-18-16(17-2)19-12-15-9-6-10-20-15;/h3-5,7-8,13,15H,6,9-12H2,1-2H3,(H2,17,18,19);1H. The van der Waals surface area contributed by atoms with Crippen molar-refractivity contribution in [3.05, 3.63) is 35.9 Å². The monoisotopic (exact) mass is 403 g/mol. The molecule has 1 saturated heterocycles. The van der Waals surface area contributed by atoms with E-state index in [4.69, 9.17) is 4.74 Å². The summed E-state index contributed by atoms with van der Waals surface area (Å²) in [6.45, 7) is 4.81. The van der Waals surface area contributed by atoms with Gasteiger partial charge in [0.25, 0.3) is 0 Å². The van der Waals surface area contributed by atoms with Crippen molar-refractivity contribution >= 4 is 29.9 Å². The van der Waals surface area contributed by atoms with E-state index < -0.39 is 0 Å². The summed E-state index contributed by atoms with van der Waals surface area (Å²) in [5.41, 5.74) is 1.34. The van der Waals surface area contributed by atoms with E-state index in [1.54, 1.807) is 7.05 Å². The minimum atomic E-state index is 0. The molecule has 4 nitrogen and oxygen atoms in total. The average molecular weight is 403 g/mol. The van der Waals surface area contributed by atoms with Crippen molar-refractivity contribution in [1.82, 2.24) is 10.6 Å². The van der Waals surface area contributed by atoms with Crippen molar-refractivity contribution in [3.63, 3.8) is 0 Å². The summed E-state index contributed by atoms with van der Waals surface area (Å²) in [5, 5.41) is 6.71. The van der Waals surface area contributed by atoms with E-state index in [2.05, 4.69) is 46.8 Å². The van der Waals surface area contributed by atoms with Gasteiger partial charge in [-0.15, -0.1) is 24.0 Å². The first-order valence-electron chi connectivity index (χ1n) is 7.40. The Labute approximate surface area is 144 Å². The number of nitrogens with zero attached hydrogens (tertiary/aromatic N) is 1. The Hall–Kier alpha value is -0.820. The van der Waals surface area contributed by atoms with Crippen molar-refractivity contribution in [2.45, 2.75) is 31.8 Å². The van der Waals surface area contributed by atoms with Crippen LogP contribution in [0.2, 0.25) is 0 Å². The number of aliphatic imine (C=N–C) groups is 1. The third-order valence-electron chi connectivity index (χ3n) is 3.69. The van der Waals surface area contributed by atoms with Gasteiger partial charge < -0.3 is 15.4 Å². The van der Waals surface area contributed by atoms with Crippen LogP contribution in [0, 0.1) is 0 Å². The highest BCUT2D eigenvalue weighted by atomic mass is 127.